The lowest BCUT2D eigenvalue weighted by atomic mass is 10.2. The third-order valence-corrected chi connectivity index (χ3v) is 8.53. The van der Waals surface area contributed by atoms with Crippen LogP contribution in [-0.4, -0.2) is 35.8 Å². The van der Waals surface area contributed by atoms with Crippen LogP contribution in [0.15, 0.2) is 69.5 Å². The van der Waals surface area contributed by atoms with Crippen LogP contribution in [0.2, 0.25) is 0 Å². The highest BCUT2D eigenvalue weighted by Crippen LogP contribution is 2.27. The minimum Gasteiger partial charge on any atom is -0.313 e. The number of carbonyl (C=O) groups excluding carboxylic acids is 1. The molecule has 0 aliphatic carbocycles. The van der Waals surface area contributed by atoms with E-state index in [0.29, 0.717) is 24.2 Å². The molecule has 6 nitrogen and oxygen atoms in total. The Morgan fingerprint density at radius 2 is 2.03 bits per heavy atom. The van der Waals surface area contributed by atoms with Crippen LogP contribution >= 0.6 is 27.3 Å². The molecule has 1 unspecified atom stereocenters. The Bertz CT molecular complexity index is 1330. The molecule has 2 heterocycles. The van der Waals surface area contributed by atoms with Crippen LogP contribution in [0, 0.1) is 5.82 Å². The summed E-state index contributed by atoms with van der Waals surface area (Å²) in [6.45, 7) is 4.46. The van der Waals surface area contributed by atoms with Gasteiger partial charge in [-0.3, -0.25) is 4.79 Å². The number of aromatic nitrogens is 1. The monoisotopic (exact) mass is 523 g/mol. The molecule has 1 aliphatic rings. The number of amides is 1. The number of carbonyl (C=O) groups is 1. The fourth-order valence-electron chi connectivity index (χ4n) is 3.62. The van der Waals surface area contributed by atoms with Gasteiger partial charge in [-0.05, 0) is 55.3 Å². The summed E-state index contributed by atoms with van der Waals surface area (Å²) in [6.07, 6.45) is 2.66. The largest absolute Gasteiger partial charge is 0.313 e. The van der Waals surface area contributed by atoms with E-state index in [1.165, 1.54) is 27.8 Å². The maximum absolute atomic E-state index is 13.2. The van der Waals surface area contributed by atoms with E-state index >= 15 is 0 Å². The van der Waals surface area contributed by atoms with E-state index in [0.717, 1.165) is 26.8 Å². The standard InChI is InChI=1S/C21H19BrFN3O3S2/c1-2-11-25-17-10-5-14(22)13-19(17)30-21(25)24-20(27)18-4-3-12-26(18)31(28,29)16-8-6-15(23)7-9-16/h2,5-10,13,18H,1,3-4,11-12H2. The van der Waals surface area contributed by atoms with E-state index in [9.17, 15) is 17.6 Å². The maximum Gasteiger partial charge on any atom is 0.266 e. The number of halogens is 2. The van der Waals surface area contributed by atoms with Crippen LogP contribution in [0.5, 0.6) is 0 Å². The topological polar surface area (TPSA) is 71.7 Å². The molecule has 0 N–H and O–H groups in total. The fourth-order valence-corrected chi connectivity index (χ4v) is 6.87. The molecule has 1 aromatic heterocycles. The van der Waals surface area contributed by atoms with Crippen molar-refractivity contribution >= 4 is 53.4 Å². The molecule has 1 aliphatic heterocycles. The molecule has 0 spiro atoms. The second-order valence-corrected chi connectivity index (χ2v) is 10.9. The summed E-state index contributed by atoms with van der Waals surface area (Å²) < 4.78 is 44.2. The van der Waals surface area contributed by atoms with E-state index in [1.807, 2.05) is 22.8 Å². The summed E-state index contributed by atoms with van der Waals surface area (Å²) in [4.78, 5) is 17.8. The molecule has 4 rings (SSSR count). The molecule has 162 valence electrons. The second-order valence-electron chi connectivity index (χ2n) is 7.07. The van der Waals surface area contributed by atoms with Gasteiger partial charge in [0.25, 0.3) is 5.91 Å². The zero-order chi connectivity index (χ0) is 22.2. The lowest BCUT2D eigenvalue weighted by Gasteiger charge is -2.21. The molecule has 1 saturated heterocycles. The maximum atomic E-state index is 13.2. The van der Waals surface area contributed by atoms with Gasteiger partial charge >= 0.3 is 0 Å². The zero-order valence-corrected chi connectivity index (χ0v) is 19.6. The van der Waals surface area contributed by atoms with Crippen LogP contribution in [0.4, 0.5) is 4.39 Å². The van der Waals surface area contributed by atoms with Crippen molar-refractivity contribution in [3.8, 4) is 0 Å². The van der Waals surface area contributed by atoms with Crippen LogP contribution in [0.25, 0.3) is 10.2 Å². The zero-order valence-electron chi connectivity index (χ0n) is 16.4. The lowest BCUT2D eigenvalue weighted by molar-refractivity contribution is -0.121. The predicted octanol–water partition coefficient (Wildman–Crippen LogP) is 4.07. The number of hydrogen-bond donors (Lipinski definition) is 0. The first kappa shape index (κ1) is 22.1. The number of rotatable bonds is 5. The van der Waals surface area contributed by atoms with E-state index in [1.54, 1.807) is 6.08 Å². The number of thiazole rings is 1. The molecule has 1 amide bonds. The Morgan fingerprint density at radius 1 is 1.29 bits per heavy atom. The SMILES string of the molecule is C=CCn1c(=NC(=O)C2CCCN2S(=O)(=O)c2ccc(F)cc2)sc2cc(Br)ccc21. The molecule has 1 atom stereocenters. The Labute approximate surface area is 191 Å². The van der Waals surface area contributed by atoms with Crippen molar-refractivity contribution in [3.05, 3.63) is 70.2 Å². The van der Waals surface area contributed by atoms with Crippen LogP contribution in [-0.2, 0) is 21.4 Å². The van der Waals surface area contributed by atoms with Crippen molar-refractivity contribution in [1.29, 1.82) is 0 Å². The molecule has 31 heavy (non-hydrogen) atoms. The fraction of sp³-hybridized carbons (Fsp3) is 0.238. The lowest BCUT2D eigenvalue weighted by Crippen LogP contribution is -2.40. The third kappa shape index (κ3) is 4.30. The van der Waals surface area contributed by atoms with E-state index in [2.05, 4.69) is 27.5 Å². The minimum atomic E-state index is -3.93. The Hall–Kier alpha value is -2.14. The number of sulfonamides is 1. The smallest absolute Gasteiger partial charge is 0.266 e. The number of allylic oxidation sites excluding steroid dienone is 1. The average molecular weight is 524 g/mol. The molecule has 0 bridgehead atoms. The summed E-state index contributed by atoms with van der Waals surface area (Å²) in [5, 5.41) is 0. The van der Waals surface area contributed by atoms with Gasteiger partial charge in [-0.15, -0.1) is 6.58 Å². The summed E-state index contributed by atoms with van der Waals surface area (Å²) >= 11 is 4.81. The van der Waals surface area contributed by atoms with E-state index < -0.39 is 27.8 Å². The van der Waals surface area contributed by atoms with Crippen molar-refractivity contribution in [2.45, 2.75) is 30.3 Å². The highest BCUT2D eigenvalue weighted by Gasteiger charge is 2.39. The summed E-state index contributed by atoms with van der Waals surface area (Å²) in [5.74, 6) is -1.03. The molecule has 10 heteroatoms. The first-order valence-electron chi connectivity index (χ1n) is 9.57. The Kier molecular flexibility index (Phi) is 6.25. The van der Waals surface area contributed by atoms with Crippen molar-refractivity contribution in [2.24, 2.45) is 4.99 Å². The van der Waals surface area contributed by atoms with Gasteiger partial charge in [0.15, 0.2) is 4.80 Å². The van der Waals surface area contributed by atoms with Crippen molar-refractivity contribution < 1.29 is 17.6 Å². The second kappa shape index (κ2) is 8.78. The van der Waals surface area contributed by atoms with Crippen molar-refractivity contribution in [2.75, 3.05) is 6.54 Å². The summed E-state index contributed by atoms with van der Waals surface area (Å²) in [5.41, 5.74) is 0.918. The minimum absolute atomic E-state index is 0.0398. The molecule has 0 saturated carbocycles. The van der Waals surface area contributed by atoms with Crippen LogP contribution in [0.3, 0.4) is 0 Å². The number of nitrogens with zero attached hydrogens (tertiary/aromatic N) is 3. The number of benzene rings is 2. The van der Waals surface area contributed by atoms with E-state index in [4.69, 9.17) is 0 Å². The highest BCUT2D eigenvalue weighted by atomic mass is 79.9. The molecule has 3 aromatic rings. The molecule has 1 fully saturated rings. The molecular formula is C21H19BrFN3O3S2. The van der Waals surface area contributed by atoms with Crippen molar-refractivity contribution in [3.63, 3.8) is 0 Å². The van der Waals surface area contributed by atoms with Gasteiger partial charge in [0.2, 0.25) is 10.0 Å². The number of fused-ring (bicyclic) bond motifs is 1. The van der Waals surface area contributed by atoms with Gasteiger partial charge in [0.05, 0.1) is 15.1 Å². The average Bonchev–Trinajstić information content (AvgIpc) is 3.34. The van der Waals surface area contributed by atoms with Gasteiger partial charge in [-0.25, -0.2) is 12.8 Å². The van der Waals surface area contributed by atoms with Crippen LogP contribution < -0.4 is 4.80 Å². The first-order valence-corrected chi connectivity index (χ1v) is 12.6. The predicted molar refractivity (Wildman–Crippen MR) is 122 cm³/mol. The first-order chi connectivity index (χ1) is 14.8. The van der Waals surface area contributed by atoms with Gasteiger partial charge in [0, 0.05) is 17.6 Å². The van der Waals surface area contributed by atoms with Crippen molar-refractivity contribution in [1.82, 2.24) is 8.87 Å². The number of hydrogen-bond acceptors (Lipinski definition) is 4. The van der Waals surface area contributed by atoms with E-state index in [-0.39, 0.29) is 11.4 Å². The van der Waals surface area contributed by atoms with Gasteiger partial charge in [0.1, 0.15) is 11.9 Å². The Balaban J connectivity index is 1.72. The van der Waals surface area contributed by atoms with Gasteiger partial charge < -0.3 is 4.57 Å². The Morgan fingerprint density at radius 3 is 2.74 bits per heavy atom. The quantitative estimate of drug-likeness (QED) is 0.473. The summed E-state index contributed by atoms with van der Waals surface area (Å²) in [7, 11) is -3.93. The van der Waals surface area contributed by atoms with Crippen LogP contribution in [0.1, 0.15) is 12.8 Å². The third-order valence-electron chi connectivity index (χ3n) is 5.07. The van der Waals surface area contributed by atoms with Gasteiger partial charge in [-0.2, -0.15) is 9.30 Å². The summed E-state index contributed by atoms with van der Waals surface area (Å²) in [6, 6.07) is 9.52. The normalized spacial score (nSPS) is 18.0. The van der Waals surface area contributed by atoms with Gasteiger partial charge in [-0.1, -0.05) is 33.3 Å². The molecule has 2 aromatic carbocycles. The molecular weight excluding hydrogens is 505 g/mol. The molecule has 0 radical (unpaired) electrons. The highest BCUT2D eigenvalue weighted by molar-refractivity contribution is 9.10.